The molecular weight excluding hydrogens is 442 g/mol. The fraction of sp³-hybridized carbons (Fsp3) is 0.500. The van der Waals surface area contributed by atoms with Crippen LogP contribution in [0.5, 0.6) is 0 Å². The van der Waals surface area contributed by atoms with Crippen LogP contribution in [0.3, 0.4) is 0 Å². The third kappa shape index (κ3) is 12.8. The van der Waals surface area contributed by atoms with Gasteiger partial charge in [-0.1, -0.05) is 65.5 Å². The van der Waals surface area contributed by atoms with E-state index < -0.39 is 0 Å². The summed E-state index contributed by atoms with van der Waals surface area (Å²) in [5, 5.41) is 6.55. The van der Waals surface area contributed by atoms with E-state index in [2.05, 4.69) is 73.2 Å². The minimum absolute atomic E-state index is 0. The average molecular weight is 474 g/mol. The first-order valence-corrected chi connectivity index (χ1v) is 6.96. The molecule has 1 aromatic heterocycles. The van der Waals surface area contributed by atoms with E-state index in [1.54, 1.807) is 0 Å². The number of aromatic amines is 1. The van der Waals surface area contributed by atoms with Gasteiger partial charge in [-0.2, -0.15) is 5.10 Å². The Labute approximate surface area is 151 Å². The zero-order valence-electron chi connectivity index (χ0n) is 13.8. The molecule has 2 rings (SSSR count). The quantitative estimate of drug-likeness (QED) is 0.636. The molecule has 1 N–H and O–H groups in total. The Hall–Kier alpha value is -0.952. The van der Waals surface area contributed by atoms with E-state index >= 15 is 0 Å². The van der Waals surface area contributed by atoms with E-state index in [9.17, 15) is 0 Å². The van der Waals surface area contributed by atoms with Gasteiger partial charge in [0.15, 0.2) is 0 Å². The van der Waals surface area contributed by atoms with Crippen molar-refractivity contribution >= 4 is 0 Å². The van der Waals surface area contributed by atoms with Gasteiger partial charge in [0.1, 0.15) is 12.2 Å². The zero-order chi connectivity index (χ0) is 14.1. The molecule has 4 heteroatoms. The summed E-state index contributed by atoms with van der Waals surface area (Å²) in [5.41, 5.74) is 1.44. The summed E-state index contributed by atoms with van der Waals surface area (Å²) in [4.78, 5) is 3.99. The molecule has 0 saturated heterocycles. The molecule has 0 saturated carbocycles. The maximum Gasteiger partial charge on any atom is 0.137 e. The van der Waals surface area contributed by atoms with Crippen LogP contribution < -0.4 is 0 Å². The van der Waals surface area contributed by atoms with Crippen LogP contribution in [-0.2, 0) is 33.9 Å². The van der Waals surface area contributed by atoms with E-state index in [0.717, 1.165) is 18.2 Å². The predicted octanol–water partition coefficient (Wildman–Crippen LogP) is 4.97. The van der Waals surface area contributed by atoms with E-state index in [-0.39, 0.29) is 35.9 Å². The minimum atomic E-state index is 0. The SMILES string of the molecule is C.CC(C)Cc1ccccc1.CC(C)Cc1ncn[nH]1.[CH3-].[W]. The molecule has 22 heavy (non-hydrogen) atoms. The largest absolute Gasteiger partial charge is 0.358 e. The summed E-state index contributed by atoms with van der Waals surface area (Å²) in [6.07, 6.45) is 3.72. The van der Waals surface area contributed by atoms with Gasteiger partial charge >= 0.3 is 0 Å². The first kappa shape index (κ1) is 26.0. The van der Waals surface area contributed by atoms with Crippen LogP contribution in [0.4, 0.5) is 0 Å². The van der Waals surface area contributed by atoms with Gasteiger partial charge in [0.25, 0.3) is 0 Å². The molecule has 2 aromatic rings. The Morgan fingerprint density at radius 2 is 1.50 bits per heavy atom. The number of nitrogens with zero attached hydrogens (tertiary/aromatic N) is 2. The molecule has 0 aliphatic rings. The molecule has 0 spiro atoms. The van der Waals surface area contributed by atoms with E-state index in [1.807, 2.05) is 0 Å². The van der Waals surface area contributed by atoms with Crippen molar-refractivity contribution in [3.63, 3.8) is 0 Å². The van der Waals surface area contributed by atoms with Crippen molar-refractivity contribution in [2.24, 2.45) is 11.8 Å². The molecule has 0 aliphatic heterocycles. The molecule has 1 aromatic carbocycles. The first-order chi connectivity index (χ1) is 9.08. The van der Waals surface area contributed by atoms with Crippen molar-refractivity contribution in [1.82, 2.24) is 15.2 Å². The monoisotopic (exact) mass is 474 g/mol. The third-order valence-corrected chi connectivity index (χ3v) is 2.55. The maximum atomic E-state index is 3.99. The summed E-state index contributed by atoms with van der Waals surface area (Å²) in [7, 11) is 0. The summed E-state index contributed by atoms with van der Waals surface area (Å²) < 4.78 is 0. The molecule has 0 radical (unpaired) electrons. The Morgan fingerprint density at radius 3 is 1.91 bits per heavy atom. The Morgan fingerprint density at radius 1 is 0.955 bits per heavy atom. The van der Waals surface area contributed by atoms with Crippen molar-refractivity contribution in [3.05, 3.63) is 55.5 Å². The van der Waals surface area contributed by atoms with Crippen LogP contribution in [0.2, 0.25) is 0 Å². The molecular formula is C18H32N3W-. The summed E-state index contributed by atoms with van der Waals surface area (Å²) in [5.74, 6) is 2.39. The standard InChI is InChI=1S/C10H14.C6H11N3.CH4.CH3.W/c1-9(2)8-10-6-4-3-5-7-10;1-5(2)3-6-7-4-8-9-6;;;/h3-7,9H,8H2,1-2H3;4-5H,3H2,1-2H3,(H,7,8,9);1H4;1H3;/q;;;-1;. The van der Waals surface area contributed by atoms with Gasteiger partial charge in [-0.05, 0) is 23.8 Å². The second-order valence-corrected chi connectivity index (χ2v) is 5.61. The molecule has 0 unspecified atom stereocenters. The number of H-pyrrole nitrogens is 1. The summed E-state index contributed by atoms with van der Waals surface area (Å²) in [6.45, 7) is 8.80. The topological polar surface area (TPSA) is 41.6 Å². The fourth-order valence-corrected chi connectivity index (χ4v) is 1.80. The number of hydrogen-bond donors (Lipinski definition) is 1. The average Bonchev–Trinajstić information content (AvgIpc) is 2.82. The molecule has 0 amide bonds. The number of benzene rings is 1. The second-order valence-electron chi connectivity index (χ2n) is 5.61. The Balaban J connectivity index is -0.000000290. The van der Waals surface area contributed by atoms with Gasteiger partial charge in [-0.15, -0.1) is 0 Å². The normalized spacial score (nSPS) is 9.00. The third-order valence-electron chi connectivity index (χ3n) is 2.55. The van der Waals surface area contributed by atoms with Crippen LogP contribution in [0.15, 0.2) is 36.7 Å². The van der Waals surface area contributed by atoms with Gasteiger partial charge in [-0.3, -0.25) is 5.10 Å². The van der Waals surface area contributed by atoms with Crippen LogP contribution in [0, 0.1) is 19.3 Å². The summed E-state index contributed by atoms with van der Waals surface area (Å²) in [6, 6.07) is 10.6. The van der Waals surface area contributed by atoms with E-state index in [1.165, 1.54) is 18.3 Å². The molecule has 3 nitrogen and oxygen atoms in total. The molecule has 0 atom stereocenters. The van der Waals surface area contributed by atoms with E-state index in [0.29, 0.717) is 5.92 Å². The smallest absolute Gasteiger partial charge is 0.137 e. The second kappa shape index (κ2) is 15.0. The van der Waals surface area contributed by atoms with Gasteiger partial charge in [-0.25, -0.2) is 4.98 Å². The Bertz CT molecular complexity index is 425. The molecule has 0 fully saturated rings. The van der Waals surface area contributed by atoms with Crippen molar-refractivity contribution in [1.29, 1.82) is 0 Å². The van der Waals surface area contributed by atoms with Crippen LogP contribution in [0.25, 0.3) is 0 Å². The van der Waals surface area contributed by atoms with Crippen molar-refractivity contribution < 1.29 is 21.1 Å². The number of rotatable bonds is 4. The van der Waals surface area contributed by atoms with E-state index in [4.69, 9.17) is 0 Å². The number of aromatic nitrogens is 3. The fourth-order valence-electron chi connectivity index (χ4n) is 1.80. The molecule has 1 heterocycles. The first-order valence-electron chi connectivity index (χ1n) is 6.96. The van der Waals surface area contributed by atoms with Gasteiger partial charge in [0.2, 0.25) is 0 Å². The molecule has 0 aliphatic carbocycles. The van der Waals surface area contributed by atoms with Gasteiger partial charge in [0.05, 0.1) is 0 Å². The predicted molar refractivity (Wildman–Crippen MR) is 93.1 cm³/mol. The van der Waals surface area contributed by atoms with Gasteiger partial charge < -0.3 is 7.43 Å². The number of nitrogens with one attached hydrogen (secondary N) is 1. The van der Waals surface area contributed by atoms with Gasteiger partial charge in [0, 0.05) is 27.5 Å². The molecule has 0 bridgehead atoms. The molecule has 126 valence electrons. The van der Waals surface area contributed by atoms with Crippen molar-refractivity contribution in [2.45, 2.75) is 48.0 Å². The summed E-state index contributed by atoms with van der Waals surface area (Å²) >= 11 is 0. The van der Waals surface area contributed by atoms with Crippen LogP contribution in [-0.4, -0.2) is 15.2 Å². The number of hydrogen-bond acceptors (Lipinski definition) is 2. The zero-order valence-corrected chi connectivity index (χ0v) is 16.8. The van der Waals surface area contributed by atoms with Crippen molar-refractivity contribution in [2.75, 3.05) is 0 Å². The Kier molecular flexibility index (Phi) is 17.7. The minimum Gasteiger partial charge on any atom is -0.358 e. The maximum absolute atomic E-state index is 3.99. The van der Waals surface area contributed by atoms with Crippen LogP contribution >= 0.6 is 0 Å². The van der Waals surface area contributed by atoms with Crippen LogP contribution in [0.1, 0.15) is 46.5 Å². The van der Waals surface area contributed by atoms with Crippen molar-refractivity contribution in [3.8, 4) is 0 Å².